The third-order valence-corrected chi connectivity index (χ3v) is 3.87. The summed E-state index contributed by atoms with van der Waals surface area (Å²) in [6.45, 7) is 1.39. The second kappa shape index (κ2) is 5.71. The Morgan fingerprint density at radius 2 is 2.39 bits per heavy atom. The normalized spacial score (nSPS) is 19.1. The van der Waals surface area contributed by atoms with Gasteiger partial charge in [-0.3, -0.25) is 4.79 Å². The van der Waals surface area contributed by atoms with Gasteiger partial charge in [-0.1, -0.05) is 15.9 Å². The number of nitrogens with two attached hydrogens (primary N) is 1. The van der Waals surface area contributed by atoms with Crippen LogP contribution in [0.3, 0.4) is 0 Å². The van der Waals surface area contributed by atoms with Crippen molar-refractivity contribution >= 4 is 27.5 Å². The van der Waals surface area contributed by atoms with E-state index in [4.69, 9.17) is 5.73 Å². The molecule has 5 heteroatoms. The lowest BCUT2D eigenvalue weighted by molar-refractivity contribution is -0.121. The zero-order valence-corrected chi connectivity index (χ0v) is 12.0. The van der Waals surface area contributed by atoms with Gasteiger partial charge in [0.15, 0.2) is 0 Å². The standard InChI is InChI=1S/C13H18BrN3O/c1-16-13(18)12-3-2-6-17(12)11-5-4-10(14)7-9(11)8-15/h4-5,7,12H,2-3,6,8,15H2,1H3,(H,16,18). The monoisotopic (exact) mass is 311 g/mol. The van der Waals surface area contributed by atoms with Gasteiger partial charge in [-0.05, 0) is 36.6 Å². The van der Waals surface area contributed by atoms with E-state index in [1.807, 2.05) is 18.2 Å². The molecule has 1 fully saturated rings. The lowest BCUT2D eigenvalue weighted by atomic mass is 10.1. The second-order valence-electron chi connectivity index (χ2n) is 4.44. The van der Waals surface area contributed by atoms with Gasteiger partial charge in [-0.25, -0.2) is 0 Å². The van der Waals surface area contributed by atoms with Crippen molar-refractivity contribution in [1.29, 1.82) is 0 Å². The van der Waals surface area contributed by atoms with Gasteiger partial charge in [0.25, 0.3) is 0 Å². The first-order valence-corrected chi connectivity index (χ1v) is 6.93. The van der Waals surface area contributed by atoms with Crippen LogP contribution >= 0.6 is 15.9 Å². The van der Waals surface area contributed by atoms with Crippen LogP contribution in [-0.2, 0) is 11.3 Å². The van der Waals surface area contributed by atoms with Gasteiger partial charge in [0, 0.05) is 30.3 Å². The second-order valence-corrected chi connectivity index (χ2v) is 5.36. The smallest absolute Gasteiger partial charge is 0.242 e. The summed E-state index contributed by atoms with van der Waals surface area (Å²) in [5, 5.41) is 2.73. The number of nitrogens with one attached hydrogen (secondary N) is 1. The van der Waals surface area contributed by atoms with Crippen molar-refractivity contribution in [3.8, 4) is 0 Å². The maximum atomic E-state index is 11.9. The van der Waals surface area contributed by atoms with Crippen molar-refractivity contribution < 1.29 is 4.79 Å². The van der Waals surface area contributed by atoms with Crippen LogP contribution in [0.4, 0.5) is 5.69 Å². The van der Waals surface area contributed by atoms with Crippen LogP contribution in [0.1, 0.15) is 18.4 Å². The largest absolute Gasteiger partial charge is 0.359 e. The number of benzene rings is 1. The van der Waals surface area contributed by atoms with Gasteiger partial charge in [-0.15, -0.1) is 0 Å². The molecule has 1 saturated heterocycles. The maximum Gasteiger partial charge on any atom is 0.242 e. The van der Waals surface area contributed by atoms with Crippen LogP contribution in [-0.4, -0.2) is 25.5 Å². The van der Waals surface area contributed by atoms with Gasteiger partial charge in [0.1, 0.15) is 6.04 Å². The molecule has 0 bridgehead atoms. The van der Waals surface area contributed by atoms with Crippen molar-refractivity contribution in [1.82, 2.24) is 5.32 Å². The van der Waals surface area contributed by atoms with Crippen LogP contribution in [0.5, 0.6) is 0 Å². The number of hydrogen-bond donors (Lipinski definition) is 2. The van der Waals surface area contributed by atoms with E-state index in [2.05, 4.69) is 26.1 Å². The highest BCUT2D eigenvalue weighted by Crippen LogP contribution is 2.30. The third kappa shape index (κ3) is 2.52. The Hall–Kier alpha value is -1.07. The first kappa shape index (κ1) is 13.4. The Labute approximate surface area is 116 Å². The van der Waals surface area contributed by atoms with E-state index in [-0.39, 0.29) is 11.9 Å². The molecular formula is C13H18BrN3O. The number of hydrogen-bond acceptors (Lipinski definition) is 3. The van der Waals surface area contributed by atoms with Crippen LogP contribution in [0.15, 0.2) is 22.7 Å². The zero-order valence-electron chi connectivity index (χ0n) is 10.4. The average molecular weight is 312 g/mol. The Morgan fingerprint density at radius 1 is 1.61 bits per heavy atom. The van der Waals surface area contributed by atoms with E-state index < -0.39 is 0 Å². The molecular weight excluding hydrogens is 294 g/mol. The number of amides is 1. The summed E-state index contributed by atoms with van der Waals surface area (Å²) in [7, 11) is 1.68. The van der Waals surface area contributed by atoms with Gasteiger partial charge in [0.05, 0.1) is 0 Å². The molecule has 0 saturated carbocycles. The Bertz CT molecular complexity index is 450. The number of likely N-dealkylation sites (N-methyl/N-ethyl adjacent to an activating group) is 1. The molecule has 18 heavy (non-hydrogen) atoms. The predicted octanol–water partition coefficient (Wildman–Crippen LogP) is 1.62. The number of carbonyl (C=O) groups excluding carboxylic acids is 1. The molecule has 1 aromatic carbocycles. The molecule has 0 aliphatic carbocycles. The fraction of sp³-hybridized carbons (Fsp3) is 0.462. The first-order valence-electron chi connectivity index (χ1n) is 6.14. The predicted molar refractivity (Wildman–Crippen MR) is 76.5 cm³/mol. The number of carbonyl (C=O) groups is 1. The summed E-state index contributed by atoms with van der Waals surface area (Å²) in [6, 6.07) is 5.98. The summed E-state index contributed by atoms with van der Waals surface area (Å²) < 4.78 is 1.02. The molecule has 98 valence electrons. The Balaban J connectivity index is 2.32. The summed E-state index contributed by atoms with van der Waals surface area (Å²) in [4.78, 5) is 14.0. The van der Waals surface area contributed by atoms with E-state index in [1.54, 1.807) is 7.05 Å². The number of halogens is 1. The van der Waals surface area contributed by atoms with Crippen molar-refractivity contribution in [3.05, 3.63) is 28.2 Å². The molecule has 0 aromatic heterocycles. The maximum absolute atomic E-state index is 11.9. The van der Waals surface area contributed by atoms with Crippen LogP contribution in [0.2, 0.25) is 0 Å². The van der Waals surface area contributed by atoms with Crippen LogP contribution in [0, 0.1) is 0 Å². The van der Waals surface area contributed by atoms with Crippen molar-refractivity contribution in [2.45, 2.75) is 25.4 Å². The number of nitrogens with zero attached hydrogens (tertiary/aromatic N) is 1. The SMILES string of the molecule is CNC(=O)C1CCCN1c1ccc(Br)cc1CN. The highest BCUT2D eigenvalue weighted by Gasteiger charge is 2.31. The Morgan fingerprint density at radius 3 is 3.06 bits per heavy atom. The van der Waals surface area contributed by atoms with E-state index in [0.29, 0.717) is 6.54 Å². The first-order chi connectivity index (χ1) is 8.67. The molecule has 4 nitrogen and oxygen atoms in total. The highest BCUT2D eigenvalue weighted by molar-refractivity contribution is 9.10. The van der Waals surface area contributed by atoms with Gasteiger partial charge in [0.2, 0.25) is 5.91 Å². The highest BCUT2D eigenvalue weighted by atomic mass is 79.9. The van der Waals surface area contributed by atoms with E-state index in [9.17, 15) is 4.79 Å². The molecule has 1 atom stereocenters. The fourth-order valence-corrected chi connectivity index (χ4v) is 2.90. The molecule has 1 aliphatic heterocycles. The minimum Gasteiger partial charge on any atom is -0.359 e. The molecule has 0 spiro atoms. The molecule has 0 radical (unpaired) electrons. The molecule has 1 unspecified atom stereocenters. The van der Waals surface area contributed by atoms with E-state index >= 15 is 0 Å². The topological polar surface area (TPSA) is 58.4 Å². The zero-order chi connectivity index (χ0) is 13.1. The lowest BCUT2D eigenvalue weighted by Crippen LogP contribution is -2.42. The minimum atomic E-state index is -0.0681. The minimum absolute atomic E-state index is 0.0681. The molecule has 3 N–H and O–H groups in total. The van der Waals surface area contributed by atoms with Crippen molar-refractivity contribution in [2.24, 2.45) is 5.73 Å². The summed E-state index contributed by atoms with van der Waals surface area (Å²) >= 11 is 3.45. The van der Waals surface area contributed by atoms with Crippen LogP contribution < -0.4 is 16.0 Å². The van der Waals surface area contributed by atoms with Gasteiger partial charge in [-0.2, -0.15) is 0 Å². The summed E-state index contributed by atoms with van der Waals surface area (Å²) in [5.74, 6) is 0.0818. The molecule has 1 aliphatic rings. The number of rotatable bonds is 3. The summed E-state index contributed by atoms with van der Waals surface area (Å²) in [6.07, 6.45) is 1.94. The number of anilines is 1. The van der Waals surface area contributed by atoms with E-state index in [0.717, 1.165) is 35.1 Å². The molecule has 1 aromatic rings. The van der Waals surface area contributed by atoms with Crippen LogP contribution in [0.25, 0.3) is 0 Å². The lowest BCUT2D eigenvalue weighted by Gasteiger charge is -2.27. The quantitative estimate of drug-likeness (QED) is 0.892. The Kier molecular flexibility index (Phi) is 4.24. The van der Waals surface area contributed by atoms with E-state index in [1.165, 1.54) is 0 Å². The third-order valence-electron chi connectivity index (χ3n) is 3.37. The molecule has 2 rings (SSSR count). The van der Waals surface area contributed by atoms with Crippen molar-refractivity contribution in [2.75, 3.05) is 18.5 Å². The fourth-order valence-electron chi connectivity index (χ4n) is 2.49. The van der Waals surface area contributed by atoms with Crippen molar-refractivity contribution in [3.63, 3.8) is 0 Å². The average Bonchev–Trinajstić information content (AvgIpc) is 2.86. The summed E-state index contributed by atoms with van der Waals surface area (Å²) in [5.41, 5.74) is 7.94. The van der Waals surface area contributed by atoms with Gasteiger partial charge >= 0.3 is 0 Å². The molecule has 1 heterocycles. The van der Waals surface area contributed by atoms with Gasteiger partial charge < -0.3 is 16.0 Å². The molecule has 1 amide bonds.